The van der Waals surface area contributed by atoms with Crippen LogP contribution in [0.5, 0.6) is 0 Å². The molecule has 0 bridgehead atoms. The first-order valence-electron chi connectivity index (χ1n) is 5.27. The van der Waals surface area contributed by atoms with Gasteiger partial charge < -0.3 is 5.11 Å². The van der Waals surface area contributed by atoms with Gasteiger partial charge in [0.2, 0.25) is 0 Å². The monoisotopic (exact) mass is 207 g/mol. The molecule has 2 nitrogen and oxygen atoms in total. The molecule has 0 aliphatic rings. The Morgan fingerprint density at radius 2 is 1.60 bits per heavy atom. The molecule has 0 fully saturated rings. The summed E-state index contributed by atoms with van der Waals surface area (Å²) in [5.74, 6) is 0. The molecule has 0 saturated carbocycles. The van der Waals surface area contributed by atoms with Crippen LogP contribution in [0.25, 0.3) is 0 Å². The molecule has 0 aliphatic carbocycles. The van der Waals surface area contributed by atoms with Crippen LogP contribution in [0.3, 0.4) is 0 Å². The molecular formula is C13H21NO. The molecule has 1 atom stereocenters. The van der Waals surface area contributed by atoms with Gasteiger partial charge in [-0.2, -0.15) is 0 Å². The van der Waals surface area contributed by atoms with Crippen molar-refractivity contribution in [2.24, 2.45) is 0 Å². The Bertz CT molecular complexity index is 308. The Morgan fingerprint density at radius 1 is 1.13 bits per heavy atom. The lowest BCUT2D eigenvalue weighted by molar-refractivity contribution is -0.00315. The van der Waals surface area contributed by atoms with Crippen molar-refractivity contribution in [2.45, 2.75) is 32.4 Å². The number of hydrogen-bond acceptors (Lipinski definition) is 2. The van der Waals surface area contributed by atoms with Crippen LogP contribution in [0.15, 0.2) is 24.3 Å². The molecule has 2 heteroatoms. The van der Waals surface area contributed by atoms with Crippen LogP contribution < -0.4 is 0 Å². The highest BCUT2D eigenvalue weighted by Crippen LogP contribution is 2.29. The summed E-state index contributed by atoms with van der Waals surface area (Å²) in [7, 11) is 3.98. The summed E-state index contributed by atoms with van der Waals surface area (Å²) in [5, 5.41) is 10.1. The van der Waals surface area contributed by atoms with Crippen LogP contribution in [0.1, 0.15) is 31.0 Å². The standard InChI is InChI=1S/C13H21NO/c1-10-6-8-11(9-7-10)12(14(4)5)13(2,3)15/h6-9,12,15H,1-5H3. The number of aliphatic hydroxyl groups is 1. The van der Waals surface area contributed by atoms with E-state index in [1.54, 1.807) is 0 Å². The van der Waals surface area contributed by atoms with Crippen LogP contribution in [0, 0.1) is 6.92 Å². The fourth-order valence-electron chi connectivity index (χ4n) is 2.09. The van der Waals surface area contributed by atoms with Gasteiger partial charge in [0.1, 0.15) is 0 Å². The summed E-state index contributed by atoms with van der Waals surface area (Å²) >= 11 is 0. The summed E-state index contributed by atoms with van der Waals surface area (Å²) in [4.78, 5) is 2.05. The van der Waals surface area contributed by atoms with E-state index in [-0.39, 0.29) is 6.04 Å². The molecule has 0 aliphatic heterocycles. The van der Waals surface area contributed by atoms with Crippen molar-refractivity contribution in [2.75, 3.05) is 14.1 Å². The van der Waals surface area contributed by atoms with E-state index in [1.807, 2.05) is 32.8 Å². The Balaban J connectivity index is 3.05. The van der Waals surface area contributed by atoms with E-state index in [9.17, 15) is 5.11 Å². The van der Waals surface area contributed by atoms with Crippen LogP contribution in [0.2, 0.25) is 0 Å². The SMILES string of the molecule is Cc1ccc(C(N(C)C)C(C)(C)O)cc1. The molecule has 0 amide bonds. The highest BCUT2D eigenvalue weighted by Gasteiger charge is 2.29. The van der Waals surface area contributed by atoms with Crippen LogP contribution in [-0.4, -0.2) is 29.7 Å². The number of hydrogen-bond donors (Lipinski definition) is 1. The maximum absolute atomic E-state index is 10.1. The molecule has 1 N–H and O–H groups in total. The van der Waals surface area contributed by atoms with Crippen LogP contribution in [0.4, 0.5) is 0 Å². The van der Waals surface area contributed by atoms with Gasteiger partial charge in [-0.05, 0) is 40.4 Å². The molecular weight excluding hydrogens is 186 g/mol. The Kier molecular flexibility index (Phi) is 3.53. The van der Waals surface area contributed by atoms with E-state index >= 15 is 0 Å². The second-order valence-corrected chi connectivity index (χ2v) is 4.93. The number of aryl methyl sites for hydroxylation is 1. The minimum atomic E-state index is -0.737. The summed E-state index contributed by atoms with van der Waals surface area (Å²) in [6.07, 6.45) is 0. The average molecular weight is 207 g/mol. The van der Waals surface area contributed by atoms with Crippen molar-refractivity contribution in [1.29, 1.82) is 0 Å². The lowest BCUT2D eigenvalue weighted by Crippen LogP contribution is -2.38. The van der Waals surface area contributed by atoms with Gasteiger partial charge in [-0.25, -0.2) is 0 Å². The number of benzene rings is 1. The maximum atomic E-state index is 10.1. The van der Waals surface area contributed by atoms with E-state index in [0.717, 1.165) is 5.56 Å². The van der Waals surface area contributed by atoms with Crippen molar-refractivity contribution in [1.82, 2.24) is 4.90 Å². The molecule has 84 valence electrons. The van der Waals surface area contributed by atoms with E-state index in [4.69, 9.17) is 0 Å². The second-order valence-electron chi connectivity index (χ2n) is 4.93. The summed E-state index contributed by atoms with van der Waals surface area (Å²) in [5.41, 5.74) is 1.66. The third kappa shape index (κ3) is 3.05. The summed E-state index contributed by atoms with van der Waals surface area (Å²) < 4.78 is 0. The summed E-state index contributed by atoms with van der Waals surface area (Å²) in [6.45, 7) is 5.76. The highest BCUT2D eigenvalue weighted by molar-refractivity contribution is 5.25. The van der Waals surface area contributed by atoms with Gasteiger partial charge in [0.15, 0.2) is 0 Å². The lowest BCUT2D eigenvalue weighted by Gasteiger charge is -2.35. The van der Waals surface area contributed by atoms with Crippen LogP contribution >= 0.6 is 0 Å². The third-order valence-corrected chi connectivity index (χ3v) is 2.58. The molecule has 0 heterocycles. The smallest absolute Gasteiger partial charge is 0.0787 e. The molecule has 0 saturated heterocycles. The minimum Gasteiger partial charge on any atom is -0.388 e. The molecule has 0 spiro atoms. The van der Waals surface area contributed by atoms with Gasteiger partial charge in [0, 0.05) is 0 Å². The largest absolute Gasteiger partial charge is 0.388 e. The van der Waals surface area contributed by atoms with E-state index < -0.39 is 5.60 Å². The molecule has 1 unspecified atom stereocenters. The predicted octanol–water partition coefficient (Wildman–Crippen LogP) is 2.37. The lowest BCUT2D eigenvalue weighted by atomic mass is 9.90. The molecule has 1 aromatic rings. The number of likely N-dealkylation sites (N-methyl/N-ethyl adjacent to an activating group) is 1. The van der Waals surface area contributed by atoms with Crippen molar-refractivity contribution < 1.29 is 5.11 Å². The predicted molar refractivity (Wildman–Crippen MR) is 63.9 cm³/mol. The normalized spacial score (nSPS) is 14.3. The van der Waals surface area contributed by atoms with Gasteiger partial charge in [0.25, 0.3) is 0 Å². The van der Waals surface area contributed by atoms with E-state index in [0.29, 0.717) is 0 Å². The molecule has 0 radical (unpaired) electrons. The molecule has 0 aromatic heterocycles. The zero-order valence-electron chi connectivity index (χ0n) is 10.3. The first-order chi connectivity index (χ1) is 6.82. The van der Waals surface area contributed by atoms with Gasteiger partial charge in [-0.3, -0.25) is 4.90 Å². The van der Waals surface area contributed by atoms with Crippen molar-refractivity contribution in [3.63, 3.8) is 0 Å². The van der Waals surface area contributed by atoms with E-state index in [2.05, 4.69) is 31.2 Å². The van der Waals surface area contributed by atoms with Crippen molar-refractivity contribution >= 4 is 0 Å². The van der Waals surface area contributed by atoms with Gasteiger partial charge in [-0.1, -0.05) is 29.8 Å². The number of nitrogens with zero attached hydrogens (tertiary/aromatic N) is 1. The first kappa shape index (κ1) is 12.2. The number of rotatable bonds is 3. The topological polar surface area (TPSA) is 23.5 Å². The maximum Gasteiger partial charge on any atom is 0.0787 e. The fourth-order valence-corrected chi connectivity index (χ4v) is 2.09. The quantitative estimate of drug-likeness (QED) is 0.822. The van der Waals surface area contributed by atoms with E-state index in [1.165, 1.54) is 5.56 Å². The average Bonchev–Trinajstić information content (AvgIpc) is 2.05. The van der Waals surface area contributed by atoms with Crippen LogP contribution in [-0.2, 0) is 0 Å². The minimum absolute atomic E-state index is 0.0260. The second kappa shape index (κ2) is 4.33. The van der Waals surface area contributed by atoms with Crippen molar-refractivity contribution in [3.8, 4) is 0 Å². The zero-order valence-corrected chi connectivity index (χ0v) is 10.3. The Morgan fingerprint density at radius 3 is 1.93 bits per heavy atom. The highest BCUT2D eigenvalue weighted by atomic mass is 16.3. The van der Waals surface area contributed by atoms with Gasteiger partial charge in [-0.15, -0.1) is 0 Å². The zero-order chi connectivity index (χ0) is 11.6. The fraction of sp³-hybridized carbons (Fsp3) is 0.538. The first-order valence-corrected chi connectivity index (χ1v) is 5.27. The molecule has 1 aromatic carbocycles. The van der Waals surface area contributed by atoms with Crippen molar-refractivity contribution in [3.05, 3.63) is 35.4 Å². The molecule has 15 heavy (non-hydrogen) atoms. The summed E-state index contributed by atoms with van der Waals surface area (Å²) in [6, 6.07) is 8.35. The van der Waals surface area contributed by atoms with Gasteiger partial charge in [0.05, 0.1) is 11.6 Å². The third-order valence-electron chi connectivity index (χ3n) is 2.58. The Hall–Kier alpha value is -0.860. The van der Waals surface area contributed by atoms with Gasteiger partial charge >= 0.3 is 0 Å². The Labute approximate surface area is 92.5 Å². The molecule has 1 rings (SSSR count).